The second kappa shape index (κ2) is 4.23. The van der Waals surface area contributed by atoms with Crippen LogP contribution in [0.25, 0.3) is 0 Å². The number of fused-ring (bicyclic) bond motifs is 1. The van der Waals surface area contributed by atoms with E-state index in [1.165, 1.54) is 0 Å². The highest BCUT2D eigenvalue weighted by Gasteiger charge is 2.13. The third-order valence-electron chi connectivity index (χ3n) is 2.08. The minimum atomic E-state index is 0.272. The van der Waals surface area contributed by atoms with Crippen molar-refractivity contribution in [2.45, 2.75) is 0 Å². The van der Waals surface area contributed by atoms with Gasteiger partial charge in [-0.2, -0.15) is 0 Å². The molecule has 1 aliphatic rings. The summed E-state index contributed by atoms with van der Waals surface area (Å²) in [5.41, 5.74) is 6.26. The number of benzene rings is 1. The average Bonchev–Trinajstić information content (AvgIpc) is 2.72. The summed E-state index contributed by atoms with van der Waals surface area (Å²) in [6.07, 6.45) is 0. The zero-order valence-electron chi connectivity index (χ0n) is 8.36. The van der Waals surface area contributed by atoms with Crippen LogP contribution in [0.15, 0.2) is 30.4 Å². The molecule has 0 aromatic heterocycles. The maximum atomic E-state index is 5.47. The fourth-order valence-electron chi connectivity index (χ4n) is 1.21. The van der Waals surface area contributed by atoms with Crippen LogP contribution >= 0.6 is 0 Å². The molecule has 1 aromatic carbocycles. The lowest BCUT2D eigenvalue weighted by Gasteiger charge is -2.07. The van der Waals surface area contributed by atoms with Crippen LogP contribution in [0, 0.1) is 0 Å². The molecular weight excluding hydrogens is 194 g/mol. The van der Waals surface area contributed by atoms with E-state index in [0.29, 0.717) is 18.9 Å². The quantitative estimate of drug-likeness (QED) is 0.756. The van der Waals surface area contributed by atoms with Crippen LogP contribution in [0.2, 0.25) is 0 Å². The van der Waals surface area contributed by atoms with Crippen LogP contribution in [0.1, 0.15) is 0 Å². The predicted octanol–water partition coefficient (Wildman–Crippen LogP) is 1.31. The van der Waals surface area contributed by atoms with Crippen LogP contribution in [0.4, 0.5) is 0 Å². The largest absolute Gasteiger partial charge is 0.489 e. The number of hydrogen-bond acceptors (Lipinski definition) is 4. The molecule has 0 saturated heterocycles. The second-order valence-corrected chi connectivity index (χ2v) is 3.26. The summed E-state index contributed by atoms with van der Waals surface area (Å²) in [6, 6.07) is 5.45. The first kappa shape index (κ1) is 9.86. The number of rotatable bonds is 4. The van der Waals surface area contributed by atoms with Crippen molar-refractivity contribution in [3.05, 3.63) is 30.4 Å². The molecule has 80 valence electrons. The van der Waals surface area contributed by atoms with E-state index < -0.39 is 0 Å². The second-order valence-electron chi connectivity index (χ2n) is 3.26. The molecule has 0 unspecified atom stereocenters. The van der Waals surface area contributed by atoms with Crippen LogP contribution in [0.5, 0.6) is 17.2 Å². The molecule has 0 bridgehead atoms. The van der Waals surface area contributed by atoms with Gasteiger partial charge in [-0.25, -0.2) is 0 Å². The summed E-state index contributed by atoms with van der Waals surface area (Å²) in [6.45, 7) is 4.89. The van der Waals surface area contributed by atoms with Crippen LogP contribution in [-0.4, -0.2) is 19.9 Å². The van der Waals surface area contributed by atoms with Crippen LogP contribution in [0.3, 0.4) is 0 Å². The van der Waals surface area contributed by atoms with Gasteiger partial charge in [0, 0.05) is 12.6 Å². The summed E-state index contributed by atoms with van der Waals surface area (Å²) in [7, 11) is 0. The maximum Gasteiger partial charge on any atom is 0.231 e. The van der Waals surface area contributed by atoms with Gasteiger partial charge in [0.2, 0.25) is 6.79 Å². The molecule has 4 heteroatoms. The van der Waals surface area contributed by atoms with E-state index >= 15 is 0 Å². The molecule has 0 amide bonds. The van der Waals surface area contributed by atoms with E-state index in [1.54, 1.807) is 6.07 Å². The highest BCUT2D eigenvalue weighted by Crippen LogP contribution is 2.35. The van der Waals surface area contributed by atoms with Crippen molar-refractivity contribution in [3.63, 3.8) is 0 Å². The van der Waals surface area contributed by atoms with Crippen molar-refractivity contribution >= 4 is 0 Å². The highest BCUT2D eigenvalue weighted by molar-refractivity contribution is 5.46. The summed E-state index contributed by atoms with van der Waals surface area (Å²) < 4.78 is 15.9. The van der Waals surface area contributed by atoms with E-state index in [2.05, 4.69) is 6.58 Å². The van der Waals surface area contributed by atoms with Gasteiger partial charge in [-0.1, -0.05) is 6.58 Å². The Hall–Kier alpha value is -1.68. The minimum Gasteiger partial charge on any atom is -0.489 e. The zero-order chi connectivity index (χ0) is 10.7. The first-order valence-corrected chi connectivity index (χ1v) is 4.69. The lowest BCUT2D eigenvalue weighted by atomic mass is 10.3. The lowest BCUT2D eigenvalue weighted by molar-refractivity contribution is 0.174. The van der Waals surface area contributed by atoms with Crippen molar-refractivity contribution < 1.29 is 14.2 Å². The first-order chi connectivity index (χ1) is 7.29. The highest BCUT2D eigenvalue weighted by atomic mass is 16.7. The van der Waals surface area contributed by atoms with Gasteiger partial charge in [0.15, 0.2) is 11.5 Å². The van der Waals surface area contributed by atoms with Gasteiger partial charge in [0.25, 0.3) is 0 Å². The topological polar surface area (TPSA) is 53.7 Å². The van der Waals surface area contributed by atoms with E-state index in [0.717, 1.165) is 17.1 Å². The molecule has 1 aromatic rings. The molecule has 1 heterocycles. The Balaban J connectivity index is 2.01. The van der Waals surface area contributed by atoms with Crippen molar-refractivity contribution in [1.29, 1.82) is 0 Å². The molecule has 15 heavy (non-hydrogen) atoms. The number of hydrogen-bond donors (Lipinski definition) is 1. The molecule has 0 spiro atoms. The number of ether oxygens (including phenoxy) is 3. The molecule has 0 atom stereocenters. The molecule has 1 aliphatic heterocycles. The van der Waals surface area contributed by atoms with E-state index in [9.17, 15) is 0 Å². The standard InChI is InChI=1S/C11H13NO3/c1-8(5-12)6-13-9-2-3-10-11(4-9)15-7-14-10/h2-4H,1,5-7,12H2. The molecule has 2 rings (SSSR count). The Morgan fingerprint density at radius 2 is 2.20 bits per heavy atom. The van der Waals surface area contributed by atoms with Gasteiger partial charge in [-0.3, -0.25) is 0 Å². The molecular formula is C11H13NO3. The minimum absolute atomic E-state index is 0.272. The Kier molecular flexibility index (Phi) is 2.78. The molecule has 0 aliphatic carbocycles. The third kappa shape index (κ3) is 2.22. The van der Waals surface area contributed by atoms with Crippen LogP contribution in [-0.2, 0) is 0 Å². The summed E-state index contributed by atoms with van der Waals surface area (Å²) in [5.74, 6) is 2.19. The van der Waals surface area contributed by atoms with Crippen LogP contribution < -0.4 is 19.9 Å². The van der Waals surface area contributed by atoms with E-state index in [-0.39, 0.29) is 6.79 Å². The summed E-state index contributed by atoms with van der Waals surface area (Å²) >= 11 is 0. The fraction of sp³-hybridized carbons (Fsp3) is 0.273. The SMILES string of the molecule is C=C(CN)COc1ccc2c(c1)OCO2. The fourth-order valence-corrected chi connectivity index (χ4v) is 1.21. The van der Waals surface area contributed by atoms with Crippen molar-refractivity contribution in [3.8, 4) is 17.2 Å². The number of nitrogens with two attached hydrogens (primary N) is 1. The van der Waals surface area contributed by atoms with E-state index in [1.807, 2.05) is 12.1 Å². The Morgan fingerprint density at radius 1 is 1.40 bits per heavy atom. The van der Waals surface area contributed by atoms with Gasteiger partial charge >= 0.3 is 0 Å². The predicted molar refractivity (Wildman–Crippen MR) is 56.3 cm³/mol. The van der Waals surface area contributed by atoms with Crippen molar-refractivity contribution in [2.24, 2.45) is 5.73 Å². The Labute approximate surface area is 88.2 Å². The smallest absolute Gasteiger partial charge is 0.231 e. The Bertz CT molecular complexity index is 376. The maximum absolute atomic E-state index is 5.47. The molecule has 0 radical (unpaired) electrons. The Morgan fingerprint density at radius 3 is 3.00 bits per heavy atom. The van der Waals surface area contributed by atoms with Gasteiger partial charge in [-0.15, -0.1) is 0 Å². The van der Waals surface area contributed by atoms with Gasteiger partial charge in [-0.05, 0) is 17.7 Å². The van der Waals surface area contributed by atoms with Crippen molar-refractivity contribution in [1.82, 2.24) is 0 Å². The average molecular weight is 207 g/mol. The van der Waals surface area contributed by atoms with E-state index in [4.69, 9.17) is 19.9 Å². The molecule has 0 fully saturated rings. The first-order valence-electron chi connectivity index (χ1n) is 4.69. The lowest BCUT2D eigenvalue weighted by Crippen LogP contribution is -2.09. The summed E-state index contributed by atoms with van der Waals surface area (Å²) in [4.78, 5) is 0. The normalized spacial score (nSPS) is 12.6. The zero-order valence-corrected chi connectivity index (χ0v) is 8.36. The molecule has 0 saturated carbocycles. The summed E-state index contributed by atoms with van der Waals surface area (Å²) in [5, 5.41) is 0. The van der Waals surface area contributed by atoms with Crippen molar-refractivity contribution in [2.75, 3.05) is 19.9 Å². The van der Waals surface area contributed by atoms with Gasteiger partial charge in [0.1, 0.15) is 12.4 Å². The molecule has 4 nitrogen and oxygen atoms in total. The van der Waals surface area contributed by atoms with Gasteiger partial charge < -0.3 is 19.9 Å². The monoisotopic (exact) mass is 207 g/mol. The molecule has 2 N–H and O–H groups in total. The van der Waals surface area contributed by atoms with Gasteiger partial charge in [0.05, 0.1) is 0 Å². The third-order valence-corrected chi connectivity index (χ3v) is 2.08.